The lowest BCUT2D eigenvalue weighted by Gasteiger charge is -2.20. The Morgan fingerprint density at radius 2 is 1.67 bits per heavy atom. The third kappa shape index (κ3) is 6.43. The summed E-state index contributed by atoms with van der Waals surface area (Å²) >= 11 is 0. The van der Waals surface area contributed by atoms with E-state index in [1.165, 1.54) is 18.1 Å². The third-order valence-electron chi connectivity index (χ3n) is 9.72. The predicted molar refractivity (Wildman–Crippen MR) is 187 cm³/mol. The van der Waals surface area contributed by atoms with E-state index >= 15 is 0 Å². The Hall–Kier alpha value is -4.46. The second-order valence-electron chi connectivity index (χ2n) is 12.7. The van der Waals surface area contributed by atoms with Crippen LogP contribution in [0.3, 0.4) is 0 Å². The number of carbonyl (C=O) groups excluding carboxylic acids is 2. The van der Waals surface area contributed by atoms with Crippen molar-refractivity contribution < 1.29 is 14.3 Å². The fraction of sp³-hybridized carbons (Fsp3) is 0.421. The molecule has 2 aliphatic rings. The molecule has 0 fully saturated rings. The van der Waals surface area contributed by atoms with Crippen molar-refractivity contribution in [3.63, 3.8) is 0 Å². The molecule has 2 atom stereocenters. The van der Waals surface area contributed by atoms with Crippen LogP contribution in [0.15, 0.2) is 30.8 Å². The van der Waals surface area contributed by atoms with Crippen LogP contribution in [-0.4, -0.2) is 56.9 Å². The predicted octanol–water partition coefficient (Wildman–Crippen LogP) is 8.30. The zero-order valence-electron chi connectivity index (χ0n) is 28.6. The van der Waals surface area contributed by atoms with E-state index in [9.17, 15) is 9.59 Å². The van der Waals surface area contributed by atoms with Gasteiger partial charge >= 0.3 is 5.97 Å². The summed E-state index contributed by atoms with van der Waals surface area (Å²) in [6.45, 7) is 19.3. The number of hydrogen-bond acceptors (Lipinski definition) is 5. The van der Waals surface area contributed by atoms with E-state index in [0.717, 1.165) is 73.5 Å². The minimum absolute atomic E-state index is 0.0739. The van der Waals surface area contributed by atoms with E-state index in [1.54, 1.807) is 4.90 Å². The van der Waals surface area contributed by atoms with E-state index < -0.39 is 0 Å². The van der Waals surface area contributed by atoms with Crippen LogP contribution in [0.2, 0.25) is 0 Å². The number of hydrogen-bond donors (Lipinski definition) is 2. The fourth-order valence-electron chi connectivity index (χ4n) is 6.79. The molecule has 2 aliphatic heterocycles. The lowest BCUT2D eigenvalue weighted by molar-refractivity contribution is -0.141. The number of carbonyl (C=O) groups is 2. The average molecular weight is 622 g/mol. The van der Waals surface area contributed by atoms with Crippen molar-refractivity contribution >= 4 is 51.2 Å². The van der Waals surface area contributed by atoms with E-state index in [2.05, 4.69) is 82.4 Å². The molecule has 0 saturated heterocycles. The number of H-pyrrole nitrogens is 2. The number of ether oxygens (including phenoxy) is 1. The summed E-state index contributed by atoms with van der Waals surface area (Å²) < 4.78 is 5.03. The number of esters is 1. The zero-order valence-corrected chi connectivity index (χ0v) is 28.6. The fourth-order valence-corrected chi connectivity index (χ4v) is 6.79. The molecule has 1 amide bonds. The molecule has 8 bridgehead atoms. The van der Waals surface area contributed by atoms with E-state index in [4.69, 9.17) is 14.7 Å². The molecule has 0 spiro atoms. The summed E-state index contributed by atoms with van der Waals surface area (Å²) in [4.78, 5) is 43.7. The summed E-state index contributed by atoms with van der Waals surface area (Å²) in [5.41, 5.74) is 14.9. The average Bonchev–Trinajstić information content (AvgIpc) is 3.72. The molecule has 0 aliphatic carbocycles. The summed E-state index contributed by atoms with van der Waals surface area (Å²) in [7, 11) is 1.81. The summed E-state index contributed by atoms with van der Waals surface area (Å²) in [5, 5.41) is 0. The van der Waals surface area contributed by atoms with Gasteiger partial charge in [-0.2, -0.15) is 0 Å². The Bertz CT molecular complexity index is 1890. The van der Waals surface area contributed by atoms with Crippen LogP contribution in [0.25, 0.3) is 39.3 Å². The van der Waals surface area contributed by atoms with Crippen molar-refractivity contribution in [1.29, 1.82) is 0 Å². The second kappa shape index (κ2) is 13.5. The standard InChI is InChI=1S/C38H47N5O3/c1-10-27-23(5)33-20-36-28(11-2)22(4)32(40-36)19-34-24(6)29(13-14-37(45)43(9)15-12-16-46-26(8)44)38(42-34)25(7)31-17-21(3)30(39-31)18-35(27)41-33/h11,17-20,24,29,39-40H,2,10,12-16H2,1,3-9H3/t24-,29-/m0/s1. The van der Waals surface area contributed by atoms with Crippen molar-refractivity contribution in [2.75, 3.05) is 20.2 Å². The van der Waals surface area contributed by atoms with Crippen molar-refractivity contribution in [2.45, 2.75) is 86.0 Å². The van der Waals surface area contributed by atoms with Gasteiger partial charge < -0.3 is 19.6 Å². The maximum Gasteiger partial charge on any atom is 0.302 e. The first-order chi connectivity index (χ1) is 21.9. The number of aryl methyl sites for hydroxylation is 3. The highest BCUT2D eigenvalue weighted by molar-refractivity contribution is 5.93. The number of fused-ring (bicyclic) bond motifs is 8. The molecule has 3 aromatic rings. The Labute approximate surface area is 272 Å². The van der Waals surface area contributed by atoms with Gasteiger partial charge in [0.05, 0.1) is 18.0 Å². The lowest BCUT2D eigenvalue weighted by atomic mass is 9.86. The normalized spacial score (nSPS) is 16.1. The van der Waals surface area contributed by atoms with Crippen LogP contribution in [0, 0.1) is 20.8 Å². The molecular formula is C38H47N5O3. The molecule has 8 nitrogen and oxygen atoms in total. The number of amides is 1. The van der Waals surface area contributed by atoms with Crippen LogP contribution in [0.4, 0.5) is 0 Å². The summed E-state index contributed by atoms with van der Waals surface area (Å²) in [6.07, 6.45) is 4.50. The molecule has 0 radical (unpaired) electrons. The van der Waals surface area contributed by atoms with Crippen LogP contribution < -0.4 is 0 Å². The SMILES string of the molecule is C=Cc1c(C)c2cc3nc(c(C)c4cc(C)c(cc5nc(cc1[nH]2)C(C)=C5CC)[nH]4)[C@@H](CCC(=O)N(C)CCCOC(C)=O)[C@@H]3C. The third-order valence-corrected chi connectivity index (χ3v) is 9.72. The van der Waals surface area contributed by atoms with Gasteiger partial charge in [-0.1, -0.05) is 26.5 Å². The first-order valence-corrected chi connectivity index (χ1v) is 16.3. The maximum absolute atomic E-state index is 13.2. The molecule has 8 heteroatoms. The monoisotopic (exact) mass is 621 g/mol. The summed E-state index contributed by atoms with van der Waals surface area (Å²) in [6, 6.07) is 8.66. The number of allylic oxidation sites excluding steroid dienone is 2. The smallest absolute Gasteiger partial charge is 0.302 e. The van der Waals surface area contributed by atoms with Gasteiger partial charge in [-0.25, -0.2) is 4.98 Å². The maximum atomic E-state index is 13.2. The Morgan fingerprint density at radius 3 is 2.37 bits per heavy atom. The molecule has 0 unspecified atom stereocenters. The molecular weight excluding hydrogens is 574 g/mol. The van der Waals surface area contributed by atoms with Crippen LogP contribution in [0.5, 0.6) is 0 Å². The zero-order chi connectivity index (χ0) is 33.3. The van der Waals surface area contributed by atoms with Gasteiger partial charge in [0.1, 0.15) is 0 Å². The highest BCUT2D eigenvalue weighted by Gasteiger charge is 2.31. The van der Waals surface area contributed by atoms with Gasteiger partial charge in [0.2, 0.25) is 5.91 Å². The largest absolute Gasteiger partial charge is 0.466 e. The lowest BCUT2D eigenvalue weighted by Crippen LogP contribution is -2.28. The molecule has 242 valence electrons. The molecule has 5 heterocycles. The van der Waals surface area contributed by atoms with Crippen molar-refractivity contribution in [3.05, 3.63) is 75.9 Å². The summed E-state index contributed by atoms with van der Waals surface area (Å²) in [5.74, 6) is -0.0383. The molecule has 2 N–H and O–H groups in total. The molecule has 0 aromatic carbocycles. The van der Waals surface area contributed by atoms with Gasteiger partial charge in [0.15, 0.2) is 0 Å². The number of nitrogens with one attached hydrogen (secondary N) is 2. The van der Waals surface area contributed by atoms with E-state index in [-0.39, 0.29) is 23.7 Å². The Kier molecular flexibility index (Phi) is 9.66. The number of nitrogens with zero attached hydrogens (tertiary/aromatic N) is 3. The van der Waals surface area contributed by atoms with E-state index in [1.807, 2.05) is 13.1 Å². The Balaban J connectivity index is 1.63. The van der Waals surface area contributed by atoms with Crippen LogP contribution >= 0.6 is 0 Å². The Morgan fingerprint density at radius 1 is 0.978 bits per heavy atom. The van der Waals surface area contributed by atoms with Crippen molar-refractivity contribution in [2.24, 2.45) is 0 Å². The van der Waals surface area contributed by atoms with Gasteiger partial charge in [0.25, 0.3) is 0 Å². The van der Waals surface area contributed by atoms with Gasteiger partial charge in [0, 0.05) is 77.8 Å². The minimum Gasteiger partial charge on any atom is -0.466 e. The second-order valence-corrected chi connectivity index (χ2v) is 12.7. The van der Waals surface area contributed by atoms with Crippen LogP contribution in [-0.2, 0) is 14.3 Å². The van der Waals surface area contributed by atoms with Crippen molar-refractivity contribution in [1.82, 2.24) is 24.8 Å². The van der Waals surface area contributed by atoms with Gasteiger partial charge in [-0.3, -0.25) is 14.6 Å². The quantitative estimate of drug-likeness (QED) is 0.185. The van der Waals surface area contributed by atoms with Gasteiger partial charge in [-0.15, -0.1) is 0 Å². The topological polar surface area (TPSA) is 104 Å². The molecule has 5 rings (SSSR count). The first-order valence-electron chi connectivity index (χ1n) is 16.3. The highest BCUT2D eigenvalue weighted by Crippen LogP contribution is 2.42. The van der Waals surface area contributed by atoms with E-state index in [0.29, 0.717) is 32.4 Å². The van der Waals surface area contributed by atoms with Crippen molar-refractivity contribution in [3.8, 4) is 0 Å². The molecule has 0 saturated carbocycles. The number of aromatic amines is 2. The van der Waals surface area contributed by atoms with Crippen LogP contribution in [0.1, 0.15) is 110 Å². The molecule has 46 heavy (non-hydrogen) atoms. The number of rotatable bonds is 9. The van der Waals surface area contributed by atoms with Gasteiger partial charge in [-0.05, 0) is 99.1 Å². The highest BCUT2D eigenvalue weighted by atomic mass is 16.5. The minimum atomic E-state index is -0.302. The first kappa shape index (κ1) is 32.9. The molecule has 3 aromatic heterocycles. The number of aromatic nitrogens is 4.